The lowest BCUT2D eigenvalue weighted by molar-refractivity contribution is -0.129. The number of hydrogen-bond donors (Lipinski definition) is 0. The summed E-state index contributed by atoms with van der Waals surface area (Å²) in [4.78, 5) is 23.5. The van der Waals surface area contributed by atoms with Gasteiger partial charge in [0.05, 0.1) is 37.4 Å². The number of benzene rings is 2. The zero-order valence-electron chi connectivity index (χ0n) is 18.0. The molecule has 6 nitrogen and oxygen atoms in total. The molecule has 3 aromatic rings. The van der Waals surface area contributed by atoms with Crippen molar-refractivity contribution in [1.29, 1.82) is 0 Å². The number of ether oxygens (including phenoxy) is 1. The number of halogens is 1. The highest BCUT2D eigenvalue weighted by Gasteiger charge is 2.38. The Morgan fingerprint density at radius 1 is 1.16 bits per heavy atom. The van der Waals surface area contributed by atoms with Crippen molar-refractivity contribution in [3.63, 3.8) is 0 Å². The SMILES string of the molecule is COc1cc(/C=C2\CCC(=O)N3C2=NCC3c2ccc(F)cc2)ccc1-n1cnc(C)c1. The maximum absolute atomic E-state index is 13.4. The van der Waals surface area contributed by atoms with Crippen LogP contribution in [0.25, 0.3) is 11.8 Å². The van der Waals surface area contributed by atoms with Gasteiger partial charge in [0.1, 0.15) is 17.4 Å². The monoisotopic (exact) mass is 430 g/mol. The summed E-state index contributed by atoms with van der Waals surface area (Å²) in [5.41, 5.74) is 4.72. The molecule has 32 heavy (non-hydrogen) atoms. The summed E-state index contributed by atoms with van der Waals surface area (Å²) in [6, 6.07) is 12.1. The molecule has 2 aliphatic rings. The molecule has 0 radical (unpaired) electrons. The summed E-state index contributed by atoms with van der Waals surface area (Å²) < 4.78 is 20.9. The molecule has 2 aromatic carbocycles. The maximum Gasteiger partial charge on any atom is 0.229 e. The van der Waals surface area contributed by atoms with Crippen molar-refractivity contribution in [2.24, 2.45) is 4.99 Å². The second-order valence-electron chi connectivity index (χ2n) is 8.02. The Bertz CT molecular complexity index is 1240. The largest absolute Gasteiger partial charge is 0.495 e. The van der Waals surface area contributed by atoms with E-state index in [0.29, 0.717) is 25.2 Å². The van der Waals surface area contributed by atoms with Crippen LogP contribution < -0.4 is 4.74 Å². The summed E-state index contributed by atoms with van der Waals surface area (Å²) in [6.45, 7) is 2.42. The average Bonchev–Trinajstić information content (AvgIpc) is 3.43. The first-order valence-corrected chi connectivity index (χ1v) is 10.6. The number of aromatic nitrogens is 2. The van der Waals surface area contributed by atoms with Crippen LogP contribution in [0.3, 0.4) is 0 Å². The average molecular weight is 430 g/mol. The van der Waals surface area contributed by atoms with Gasteiger partial charge >= 0.3 is 0 Å². The van der Waals surface area contributed by atoms with Crippen molar-refractivity contribution in [2.45, 2.75) is 25.8 Å². The second kappa shape index (κ2) is 8.07. The summed E-state index contributed by atoms with van der Waals surface area (Å²) in [5.74, 6) is 1.21. The first-order valence-electron chi connectivity index (χ1n) is 10.6. The van der Waals surface area contributed by atoms with E-state index in [2.05, 4.69) is 11.1 Å². The lowest BCUT2D eigenvalue weighted by Crippen LogP contribution is -2.40. The molecule has 1 amide bonds. The number of fused-ring (bicyclic) bond motifs is 1. The van der Waals surface area contributed by atoms with Crippen LogP contribution >= 0.6 is 0 Å². The number of carbonyl (C=O) groups excluding carboxylic acids is 1. The Labute approximate surface area is 185 Å². The van der Waals surface area contributed by atoms with E-state index in [9.17, 15) is 9.18 Å². The molecular weight excluding hydrogens is 407 g/mol. The number of amides is 1. The zero-order valence-corrected chi connectivity index (χ0v) is 18.0. The highest BCUT2D eigenvalue weighted by atomic mass is 19.1. The fourth-order valence-corrected chi connectivity index (χ4v) is 4.33. The van der Waals surface area contributed by atoms with E-state index >= 15 is 0 Å². The van der Waals surface area contributed by atoms with Crippen molar-refractivity contribution in [2.75, 3.05) is 13.7 Å². The third kappa shape index (κ3) is 3.60. The van der Waals surface area contributed by atoms with Crippen LogP contribution in [0.15, 0.2) is 65.6 Å². The van der Waals surface area contributed by atoms with Crippen molar-refractivity contribution < 1.29 is 13.9 Å². The van der Waals surface area contributed by atoms with Gasteiger partial charge in [0.25, 0.3) is 0 Å². The summed E-state index contributed by atoms with van der Waals surface area (Å²) in [6.07, 6.45) is 6.83. The Morgan fingerprint density at radius 3 is 2.69 bits per heavy atom. The van der Waals surface area contributed by atoms with Crippen LogP contribution in [0.4, 0.5) is 4.39 Å². The number of amidine groups is 1. The van der Waals surface area contributed by atoms with E-state index < -0.39 is 0 Å². The number of aliphatic imine (C=N–C) groups is 1. The fraction of sp³-hybridized carbons (Fsp3) is 0.240. The Hall–Kier alpha value is -3.74. The summed E-state index contributed by atoms with van der Waals surface area (Å²) in [7, 11) is 1.65. The number of nitrogens with zero attached hydrogens (tertiary/aromatic N) is 4. The van der Waals surface area contributed by atoms with Crippen molar-refractivity contribution in [1.82, 2.24) is 14.5 Å². The van der Waals surface area contributed by atoms with E-state index in [1.54, 1.807) is 30.5 Å². The summed E-state index contributed by atoms with van der Waals surface area (Å²) in [5, 5.41) is 0. The molecule has 1 aromatic heterocycles. The zero-order chi connectivity index (χ0) is 22.2. The topological polar surface area (TPSA) is 59.7 Å². The Morgan fingerprint density at radius 2 is 1.97 bits per heavy atom. The van der Waals surface area contributed by atoms with Crippen molar-refractivity contribution >= 4 is 17.8 Å². The minimum absolute atomic E-state index is 0.0520. The molecule has 0 N–H and O–H groups in total. The number of imidazole rings is 1. The normalized spacial score (nSPS) is 19.3. The van der Waals surface area contributed by atoms with E-state index in [0.717, 1.165) is 33.8 Å². The first-order chi connectivity index (χ1) is 15.5. The van der Waals surface area contributed by atoms with Crippen molar-refractivity contribution in [3.05, 3.63) is 83.2 Å². The molecule has 0 bridgehead atoms. The van der Waals surface area contributed by atoms with Gasteiger partial charge in [-0.25, -0.2) is 9.37 Å². The van der Waals surface area contributed by atoms with Crippen LogP contribution in [0, 0.1) is 12.7 Å². The molecule has 1 unspecified atom stereocenters. The molecule has 162 valence electrons. The molecular formula is C25H23FN4O2. The van der Waals surface area contributed by atoms with Crippen LogP contribution in [0.5, 0.6) is 5.75 Å². The minimum Gasteiger partial charge on any atom is -0.495 e. The minimum atomic E-state index is -0.290. The van der Waals surface area contributed by atoms with Gasteiger partial charge in [-0.05, 0) is 60.4 Å². The second-order valence-corrected chi connectivity index (χ2v) is 8.02. The van der Waals surface area contributed by atoms with E-state index in [4.69, 9.17) is 9.73 Å². The van der Waals surface area contributed by atoms with E-state index in [-0.39, 0.29) is 17.8 Å². The number of methoxy groups -OCH3 is 1. The molecule has 1 saturated heterocycles. The van der Waals surface area contributed by atoms with Crippen LogP contribution in [-0.4, -0.2) is 39.8 Å². The van der Waals surface area contributed by atoms with Gasteiger partial charge in [-0.3, -0.25) is 14.7 Å². The van der Waals surface area contributed by atoms with Gasteiger partial charge in [-0.15, -0.1) is 0 Å². The number of carbonyl (C=O) groups is 1. The van der Waals surface area contributed by atoms with Gasteiger partial charge in [-0.1, -0.05) is 18.2 Å². The molecule has 5 rings (SSSR count). The quantitative estimate of drug-likeness (QED) is 0.613. The third-order valence-corrected chi connectivity index (χ3v) is 5.91. The molecule has 7 heteroatoms. The molecule has 1 fully saturated rings. The van der Waals surface area contributed by atoms with E-state index in [1.165, 1.54) is 12.1 Å². The Balaban J connectivity index is 1.45. The molecule has 0 aliphatic carbocycles. The number of piperidine rings is 1. The molecule has 2 aliphatic heterocycles. The highest BCUT2D eigenvalue weighted by Crippen LogP contribution is 2.35. The van der Waals surface area contributed by atoms with Gasteiger partial charge in [0.15, 0.2) is 0 Å². The number of hydrogen-bond acceptors (Lipinski definition) is 4. The third-order valence-electron chi connectivity index (χ3n) is 5.91. The molecule has 3 heterocycles. The Kier molecular flexibility index (Phi) is 5.09. The predicted molar refractivity (Wildman–Crippen MR) is 120 cm³/mol. The van der Waals surface area contributed by atoms with Crippen LogP contribution in [0.2, 0.25) is 0 Å². The van der Waals surface area contributed by atoms with Gasteiger partial charge in [0, 0.05) is 12.6 Å². The maximum atomic E-state index is 13.4. The highest BCUT2D eigenvalue weighted by molar-refractivity contribution is 6.13. The standard InChI is InChI=1S/C25H23FN4O2/c1-16-14-29(15-28-16)21-9-3-17(12-23(21)32-2)11-19-6-10-24(31)30-22(13-27-25(19)30)18-4-7-20(26)8-5-18/h3-5,7-9,11-12,14-15,22H,6,10,13H2,1-2H3/b19-11+. The number of rotatable bonds is 4. The lowest BCUT2D eigenvalue weighted by atomic mass is 9.97. The van der Waals surface area contributed by atoms with Crippen molar-refractivity contribution in [3.8, 4) is 11.4 Å². The van der Waals surface area contributed by atoms with Gasteiger partial charge < -0.3 is 9.30 Å². The number of aryl methyl sites for hydroxylation is 1. The van der Waals surface area contributed by atoms with Crippen LogP contribution in [-0.2, 0) is 4.79 Å². The molecule has 0 saturated carbocycles. The van der Waals surface area contributed by atoms with Gasteiger partial charge in [-0.2, -0.15) is 0 Å². The smallest absolute Gasteiger partial charge is 0.229 e. The summed E-state index contributed by atoms with van der Waals surface area (Å²) >= 11 is 0. The molecule has 1 atom stereocenters. The molecule has 0 spiro atoms. The lowest BCUT2D eigenvalue weighted by Gasteiger charge is -2.31. The fourth-order valence-electron chi connectivity index (χ4n) is 4.33. The van der Waals surface area contributed by atoms with Gasteiger partial charge in [0.2, 0.25) is 5.91 Å². The van der Waals surface area contributed by atoms with E-state index in [1.807, 2.05) is 35.9 Å². The predicted octanol–water partition coefficient (Wildman–Crippen LogP) is 4.49. The van der Waals surface area contributed by atoms with Crippen LogP contribution in [0.1, 0.15) is 35.7 Å². The first kappa shape index (κ1) is 20.2.